The summed E-state index contributed by atoms with van der Waals surface area (Å²) in [7, 11) is 0. The lowest BCUT2D eigenvalue weighted by Gasteiger charge is -2.45. The third-order valence-corrected chi connectivity index (χ3v) is 22.7. The van der Waals surface area contributed by atoms with E-state index in [4.69, 9.17) is 56.8 Å². The Hall–Kier alpha value is -0.680. The molecule has 0 saturated carbocycles. The van der Waals surface area contributed by atoms with E-state index < -0.39 is 85.8 Å². The monoisotopic (exact) mass is 1470 g/mol. The Morgan fingerprint density at radius 3 is 0.922 bits per heavy atom. The van der Waals surface area contributed by atoms with Crippen molar-refractivity contribution >= 4 is 0 Å². The molecule has 0 radical (unpaired) electrons. The first-order chi connectivity index (χ1) is 49.2. The Kier molecular flexibility index (Phi) is 53.0. The molecule has 3 heterocycles. The lowest BCUT2D eigenvalue weighted by molar-refractivity contribution is -0.353. The molecule has 0 spiro atoms. The van der Waals surface area contributed by atoms with Gasteiger partial charge in [0.1, 0.15) is 48.8 Å². The molecule has 3 aliphatic heterocycles. The van der Waals surface area contributed by atoms with E-state index in [0.717, 1.165) is 72.5 Å². The van der Waals surface area contributed by atoms with Crippen LogP contribution in [0.4, 0.5) is 0 Å². The number of hydrogen-bond donors (Lipinski definition) is 5. The molecule has 0 aromatic heterocycles. The van der Waals surface area contributed by atoms with Crippen LogP contribution in [0.15, 0.2) is 0 Å². The van der Waals surface area contributed by atoms with Crippen molar-refractivity contribution in [2.45, 2.75) is 378 Å². The fourth-order valence-corrected chi connectivity index (χ4v) is 15.4. The van der Waals surface area contributed by atoms with E-state index in [1.807, 2.05) is 0 Å². The molecule has 0 aromatic rings. The highest BCUT2D eigenvalue weighted by Gasteiger charge is 2.57. The van der Waals surface area contributed by atoms with Crippen molar-refractivity contribution in [3.8, 4) is 0 Å². The molecule has 0 bridgehead atoms. The summed E-state index contributed by atoms with van der Waals surface area (Å²) in [5.41, 5.74) is -0.502. The van der Waals surface area contributed by atoms with E-state index in [0.29, 0.717) is 83.8 Å². The highest BCUT2D eigenvalue weighted by atomic mass is 16.8. The quantitative estimate of drug-likeness (QED) is 0.0358. The van der Waals surface area contributed by atoms with Crippen molar-refractivity contribution < 1.29 is 82.4 Å². The molecule has 3 rings (SSSR count). The summed E-state index contributed by atoms with van der Waals surface area (Å²) in [5.74, 6) is 7.95. The van der Waals surface area contributed by atoms with Crippen LogP contribution in [0.3, 0.4) is 0 Å². The number of fused-ring (bicyclic) bond motifs is 1. The van der Waals surface area contributed by atoms with Gasteiger partial charge in [-0.15, -0.1) is 0 Å². The predicted molar refractivity (Wildman–Crippen MR) is 417 cm³/mol. The number of rotatable bonds is 67. The minimum atomic E-state index is -1.59. The molecule has 614 valence electrons. The van der Waals surface area contributed by atoms with Crippen molar-refractivity contribution in [1.29, 1.82) is 0 Å². The summed E-state index contributed by atoms with van der Waals surface area (Å²) >= 11 is 0. The van der Waals surface area contributed by atoms with Crippen LogP contribution < -0.4 is 0 Å². The molecule has 0 aliphatic carbocycles. The predicted octanol–water partition coefficient (Wildman–Crippen LogP) is 17.9. The average molecular weight is 1470 g/mol. The topological polar surface area (TPSA) is 212 Å². The largest absolute Gasteiger partial charge is 0.394 e. The Labute approximate surface area is 632 Å². The number of ether oxygens (including phenoxy) is 12. The van der Waals surface area contributed by atoms with Gasteiger partial charge in [-0.3, -0.25) is 0 Å². The fraction of sp³-hybridized carbons (Fsp3) is 1.00. The van der Waals surface area contributed by atoms with Gasteiger partial charge in [-0.25, -0.2) is 0 Å². The average Bonchev–Trinajstić information content (AvgIpc) is 1.67. The fourth-order valence-electron chi connectivity index (χ4n) is 15.4. The van der Waals surface area contributed by atoms with Crippen LogP contribution in [0.1, 0.15) is 310 Å². The van der Waals surface area contributed by atoms with Crippen LogP contribution in [0, 0.1) is 76.4 Å². The zero-order valence-electron chi connectivity index (χ0n) is 69.7. The third-order valence-electron chi connectivity index (χ3n) is 22.7. The molecule has 0 amide bonds. The molecule has 3 saturated heterocycles. The van der Waals surface area contributed by atoms with Crippen molar-refractivity contribution in [2.75, 3.05) is 99.1 Å². The van der Waals surface area contributed by atoms with Gasteiger partial charge in [-0.2, -0.15) is 0 Å². The summed E-state index contributed by atoms with van der Waals surface area (Å²) in [5, 5.41) is 53.8. The van der Waals surface area contributed by atoms with Crippen molar-refractivity contribution in [2.24, 2.45) is 76.4 Å². The van der Waals surface area contributed by atoms with Gasteiger partial charge < -0.3 is 82.4 Å². The van der Waals surface area contributed by atoms with E-state index in [1.54, 1.807) is 13.8 Å². The second kappa shape index (κ2) is 56.5. The molecular formula is C86H168O17. The SMILES string of the molecule is CC(C)CCCC(C)CCCC(C)CCCC(C)CCOCC(COCCOCCOCCO[C@@H]1O[C@H](CO)[C@@H](O[C@@H]2O[C@H](CO)[C@@H]3OC(C)(C)O[C@@H]3[C@H]2O)[C@H](O)[C@H]1O)(COCCC(C)CCCC(C)CCCC(C)CCCC(C)C)COCCC(C)CCCC(C)CCCC(C)CCCC(C)C. The van der Waals surface area contributed by atoms with Gasteiger partial charge in [0.25, 0.3) is 0 Å². The molecule has 3 fully saturated rings. The molecule has 103 heavy (non-hydrogen) atoms. The second-order valence-corrected chi connectivity index (χ2v) is 35.8. The van der Waals surface area contributed by atoms with E-state index >= 15 is 0 Å². The first-order valence-electron chi connectivity index (χ1n) is 42.8. The zero-order chi connectivity index (χ0) is 76.0. The van der Waals surface area contributed by atoms with Crippen LogP contribution in [-0.4, -0.2) is 192 Å². The Morgan fingerprint density at radius 1 is 0.311 bits per heavy atom. The molecule has 19 atom stereocenters. The second-order valence-electron chi connectivity index (χ2n) is 35.8. The normalized spacial score (nSPS) is 25.6. The van der Waals surface area contributed by atoms with E-state index in [2.05, 4.69) is 104 Å². The lowest BCUT2D eigenvalue weighted by Crippen LogP contribution is -2.64. The van der Waals surface area contributed by atoms with Crippen molar-refractivity contribution in [3.63, 3.8) is 0 Å². The lowest BCUT2D eigenvalue weighted by atomic mass is 9.90. The van der Waals surface area contributed by atoms with Gasteiger partial charge >= 0.3 is 0 Å². The van der Waals surface area contributed by atoms with Crippen molar-refractivity contribution in [3.05, 3.63) is 0 Å². The first kappa shape index (κ1) is 96.5. The molecule has 3 aliphatic rings. The Morgan fingerprint density at radius 2 is 0.592 bits per heavy atom. The summed E-state index contributed by atoms with van der Waals surface area (Å²) < 4.78 is 73.8. The minimum absolute atomic E-state index is 0.0123. The van der Waals surface area contributed by atoms with Crippen LogP contribution in [0.2, 0.25) is 0 Å². The van der Waals surface area contributed by atoms with E-state index in [-0.39, 0.29) is 19.8 Å². The summed E-state index contributed by atoms with van der Waals surface area (Å²) in [6.45, 7) is 43.7. The Balaban J connectivity index is 1.57. The molecular weight excluding hydrogens is 1300 g/mol. The molecule has 5 N–H and O–H groups in total. The van der Waals surface area contributed by atoms with E-state index in [1.165, 1.54) is 173 Å². The summed E-state index contributed by atoms with van der Waals surface area (Å²) in [6.07, 6.45) is 26.6. The maximum absolute atomic E-state index is 11.2. The molecule has 0 aromatic carbocycles. The number of hydrogen-bond acceptors (Lipinski definition) is 17. The minimum Gasteiger partial charge on any atom is -0.394 e. The highest BCUT2D eigenvalue weighted by Crippen LogP contribution is 2.39. The molecule has 17 nitrogen and oxygen atoms in total. The first-order valence-corrected chi connectivity index (χ1v) is 42.8. The molecule has 9 unspecified atom stereocenters. The van der Waals surface area contributed by atoms with Gasteiger partial charge in [0.15, 0.2) is 18.4 Å². The smallest absolute Gasteiger partial charge is 0.187 e. The molecule has 17 heteroatoms. The zero-order valence-corrected chi connectivity index (χ0v) is 69.7. The van der Waals surface area contributed by atoms with Gasteiger partial charge in [-0.05, 0) is 104 Å². The summed E-state index contributed by atoms with van der Waals surface area (Å²) in [6, 6.07) is 0. The van der Waals surface area contributed by atoms with E-state index in [9.17, 15) is 25.5 Å². The van der Waals surface area contributed by atoms with Gasteiger partial charge in [0, 0.05) is 19.8 Å². The number of aliphatic hydroxyl groups excluding tert-OH is 5. The maximum Gasteiger partial charge on any atom is 0.187 e. The summed E-state index contributed by atoms with van der Waals surface area (Å²) in [4.78, 5) is 0. The standard InChI is InChI=1S/C86H168O17/c1-63(2)27-18-30-66(7)33-21-36-69(10)39-24-42-72(13)45-48-94-59-86(60-95-49-46-73(14)43-25-40-70(11)37-22-34-67(8)31-19-28-64(3)4,61-96-50-47-74(15)44-26-41-71(12)38-23-35-68(9)32-20-29-65(5)6)62-97-54-53-92-51-52-93-55-56-98-83-78(90)77(89)80(75(57-87)99-83)101-84-79(91)82-81(76(58-88)100-84)102-85(16,17)103-82/h63-84,87-91H,18-62H2,1-17H3/t66?,67?,68?,69?,70?,71?,72?,73?,74?,75-,76-,77-,78-,79-,80-,81+,82-,83-,84+,86?/m1/s1. The van der Waals surface area contributed by atoms with Crippen LogP contribution in [-0.2, 0) is 56.8 Å². The van der Waals surface area contributed by atoms with Crippen LogP contribution >= 0.6 is 0 Å². The van der Waals surface area contributed by atoms with Crippen molar-refractivity contribution in [1.82, 2.24) is 0 Å². The van der Waals surface area contributed by atoms with Crippen LogP contribution in [0.5, 0.6) is 0 Å². The highest BCUT2D eigenvalue weighted by molar-refractivity contribution is 4.98. The van der Waals surface area contributed by atoms with Gasteiger partial charge in [0.2, 0.25) is 0 Å². The van der Waals surface area contributed by atoms with Crippen LogP contribution in [0.25, 0.3) is 0 Å². The maximum atomic E-state index is 11.2. The van der Waals surface area contributed by atoms with Gasteiger partial charge in [0.05, 0.1) is 84.7 Å². The van der Waals surface area contributed by atoms with Gasteiger partial charge in [-0.1, -0.05) is 277 Å². The third kappa shape index (κ3) is 44.2. The Bertz CT molecular complexity index is 1840. The number of aliphatic hydroxyl groups is 5.